The number of rotatable bonds is 6. The first kappa shape index (κ1) is 13.6. The highest BCUT2D eigenvalue weighted by atomic mass is 14.9. The van der Waals surface area contributed by atoms with Crippen LogP contribution in [0.1, 0.15) is 69.5 Å². The maximum Gasteiger partial charge on any atom is 0.0348 e. The summed E-state index contributed by atoms with van der Waals surface area (Å²) < 4.78 is 0. The van der Waals surface area contributed by atoms with Crippen molar-refractivity contribution in [2.24, 2.45) is 5.92 Å². The first-order chi connectivity index (χ1) is 8.76. The Morgan fingerprint density at radius 3 is 2.17 bits per heavy atom. The third-order valence-corrected chi connectivity index (χ3v) is 4.52. The van der Waals surface area contributed by atoms with Crippen molar-refractivity contribution in [3.05, 3.63) is 35.4 Å². The van der Waals surface area contributed by atoms with E-state index in [0.29, 0.717) is 12.0 Å². The van der Waals surface area contributed by atoms with Gasteiger partial charge in [0.15, 0.2) is 0 Å². The van der Waals surface area contributed by atoms with Crippen LogP contribution in [-0.4, -0.2) is 6.54 Å². The molecule has 2 rings (SSSR count). The van der Waals surface area contributed by atoms with Crippen molar-refractivity contribution in [3.63, 3.8) is 0 Å². The molecule has 1 aromatic carbocycles. The largest absolute Gasteiger partial charge is 0.310 e. The van der Waals surface area contributed by atoms with Crippen LogP contribution in [0.2, 0.25) is 0 Å². The third kappa shape index (κ3) is 2.95. The molecule has 100 valence electrons. The van der Waals surface area contributed by atoms with Crippen LogP contribution < -0.4 is 5.32 Å². The Morgan fingerprint density at radius 2 is 1.72 bits per heavy atom. The van der Waals surface area contributed by atoms with Crippen LogP contribution in [0, 0.1) is 5.92 Å². The first-order valence-electron chi connectivity index (χ1n) is 7.59. The topological polar surface area (TPSA) is 12.0 Å². The van der Waals surface area contributed by atoms with Crippen LogP contribution in [-0.2, 0) is 0 Å². The molecule has 0 aromatic heterocycles. The average molecular weight is 245 g/mol. The Balaban J connectivity index is 2.10. The fourth-order valence-electron chi connectivity index (χ4n) is 2.82. The van der Waals surface area contributed by atoms with Gasteiger partial charge < -0.3 is 5.32 Å². The zero-order valence-corrected chi connectivity index (χ0v) is 12.1. The molecule has 1 aliphatic carbocycles. The van der Waals surface area contributed by atoms with Crippen molar-refractivity contribution in [2.45, 2.75) is 58.4 Å². The van der Waals surface area contributed by atoms with Gasteiger partial charge in [-0.1, -0.05) is 51.5 Å². The minimum atomic E-state index is 0.578. The Hall–Kier alpha value is -0.820. The predicted molar refractivity (Wildman–Crippen MR) is 78.9 cm³/mol. The van der Waals surface area contributed by atoms with Gasteiger partial charge in [-0.25, -0.2) is 0 Å². The van der Waals surface area contributed by atoms with E-state index in [4.69, 9.17) is 0 Å². The molecule has 2 atom stereocenters. The van der Waals surface area contributed by atoms with Crippen LogP contribution >= 0.6 is 0 Å². The molecule has 0 radical (unpaired) electrons. The minimum Gasteiger partial charge on any atom is -0.310 e. The van der Waals surface area contributed by atoms with Gasteiger partial charge in [0, 0.05) is 6.04 Å². The van der Waals surface area contributed by atoms with Crippen LogP contribution in [0.25, 0.3) is 0 Å². The third-order valence-electron chi connectivity index (χ3n) is 4.52. The van der Waals surface area contributed by atoms with Gasteiger partial charge in [-0.05, 0) is 48.8 Å². The van der Waals surface area contributed by atoms with Gasteiger partial charge in [0.05, 0.1) is 0 Å². The summed E-state index contributed by atoms with van der Waals surface area (Å²) in [4.78, 5) is 0. The van der Waals surface area contributed by atoms with Crippen molar-refractivity contribution in [1.82, 2.24) is 5.32 Å². The standard InChI is InChI=1S/C17H27N/c1-4-13(3)14-9-11-16(12-10-14)17(18-5-2)15-7-6-8-15/h9-13,15,17-18H,4-8H2,1-3H3. The van der Waals surface area contributed by atoms with E-state index in [2.05, 4.69) is 50.4 Å². The maximum absolute atomic E-state index is 3.66. The predicted octanol–water partition coefficient (Wildman–Crippen LogP) is 4.65. The normalized spacial score (nSPS) is 19.3. The highest BCUT2D eigenvalue weighted by molar-refractivity contribution is 5.28. The maximum atomic E-state index is 3.66. The quantitative estimate of drug-likeness (QED) is 0.769. The van der Waals surface area contributed by atoms with Gasteiger partial charge in [-0.3, -0.25) is 0 Å². The van der Waals surface area contributed by atoms with E-state index in [-0.39, 0.29) is 0 Å². The van der Waals surface area contributed by atoms with Crippen molar-refractivity contribution < 1.29 is 0 Å². The van der Waals surface area contributed by atoms with Crippen molar-refractivity contribution in [3.8, 4) is 0 Å². The molecular formula is C17H27N. The number of hydrogen-bond donors (Lipinski definition) is 1. The monoisotopic (exact) mass is 245 g/mol. The van der Waals surface area contributed by atoms with Crippen LogP contribution in [0.4, 0.5) is 0 Å². The fraction of sp³-hybridized carbons (Fsp3) is 0.647. The lowest BCUT2D eigenvalue weighted by atomic mass is 9.77. The van der Waals surface area contributed by atoms with Crippen LogP contribution in [0.5, 0.6) is 0 Å². The number of nitrogens with one attached hydrogen (secondary N) is 1. The summed E-state index contributed by atoms with van der Waals surface area (Å²) in [5.41, 5.74) is 2.96. The molecule has 1 fully saturated rings. The lowest BCUT2D eigenvalue weighted by molar-refractivity contribution is 0.233. The lowest BCUT2D eigenvalue weighted by Crippen LogP contribution is -2.32. The second-order valence-corrected chi connectivity index (χ2v) is 5.70. The van der Waals surface area contributed by atoms with Gasteiger partial charge in [0.2, 0.25) is 0 Å². The Labute approximate surface area is 112 Å². The molecule has 1 heteroatoms. The summed E-state index contributed by atoms with van der Waals surface area (Å²) >= 11 is 0. The van der Waals surface area contributed by atoms with E-state index in [0.717, 1.165) is 12.5 Å². The number of hydrogen-bond acceptors (Lipinski definition) is 1. The van der Waals surface area contributed by atoms with E-state index in [1.54, 1.807) is 0 Å². The van der Waals surface area contributed by atoms with Gasteiger partial charge >= 0.3 is 0 Å². The van der Waals surface area contributed by atoms with Gasteiger partial charge in [-0.15, -0.1) is 0 Å². The fourth-order valence-corrected chi connectivity index (χ4v) is 2.82. The highest BCUT2D eigenvalue weighted by Gasteiger charge is 2.27. The molecule has 1 saturated carbocycles. The zero-order chi connectivity index (χ0) is 13.0. The van der Waals surface area contributed by atoms with Crippen molar-refractivity contribution in [2.75, 3.05) is 6.54 Å². The second kappa shape index (κ2) is 6.38. The molecule has 0 saturated heterocycles. The van der Waals surface area contributed by atoms with E-state index < -0.39 is 0 Å². The summed E-state index contributed by atoms with van der Waals surface area (Å²) in [5.74, 6) is 1.54. The van der Waals surface area contributed by atoms with Crippen LogP contribution in [0.15, 0.2) is 24.3 Å². The van der Waals surface area contributed by atoms with Crippen molar-refractivity contribution >= 4 is 0 Å². The minimum absolute atomic E-state index is 0.578. The smallest absolute Gasteiger partial charge is 0.0348 e. The molecule has 0 aliphatic heterocycles. The molecule has 1 nitrogen and oxygen atoms in total. The van der Waals surface area contributed by atoms with E-state index in [1.165, 1.54) is 36.8 Å². The molecule has 1 aromatic rings. The van der Waals surface area contributed by atoms with E-state index in [1.807, 2.05) is 0 Å². The molecule has 0 bridgehead atoms. The summed E-state index contributed by atoms with van der Waals surface area (Å²) in [7, 11) is 0. The zero-order valence-electron chi connectivity index (χ0n) is 12.1. The Kier molecular flexibility index (Phi) is 4.82. The van der Waals surface area contributed by atoms with E-state index >= 15 is 0 Å². The molecule has 1 aliphatic rings. The van der Waals surface area contributed by atoms with Crippen LogP contribution in [0.3, 0.4) is 0 Å². The Bertz CT molecular complexity index is 350. The molecule has 0 heterocycles. The highest BCUT2D eigenvalue weighted by Crippen LogP contribution is 2.37. The summed E-state index contributed by atoms with van der Waals surface area (Å²) in [6, 6.07) is 9.91. The number of benzene rings is 1. The van der Waals surface area contributed by atoms with Gasteiger partial charge in [0.1, 0.15) is 0 Å². The molecular weight excluding hydrogens is 218 g/mol. The Morgan fingerprint density at radius 1 is 1.11 bits per heavy atom. The van der Waals surface area contributed by atoms with E-state index in [9.17, 15) is 0 Å². The van der Waals surface area contributed by atoms with Crippen molar-refractivity contribution in [1.29, 1.82) is 0 Å². The average Bonchev–Trinajstić information content (AvgIpc) is 2.35. The molecule has 0 spiro atoms. The summed E-state index contributed by atoms with van der Waals surface area (Å²) in [6.45, 7) is 7.84. The lowest BCUT2D eigenvalue weighted by Gasteiger charge is -2.34. The molecule has 18 heavy (non-hydrogen) atoms. The second-order valence-electron chi connectivity index (χ2n) is 5.70. The summed E-state index contributed by atoms with van der Waals surface area (Å²) in [6.07, 6.45) is 5.42. The summed E-state index contributed by atoms with van der Waals surface area (Å²) in [5, 5.41) is 3.66. The van der Waals surface area contributed by atoms with Gasteiger partial charge in [0.25, 0.3) is 0 Å². The molecule has 0 amide bonds. The molecule has 2 unspecified atom stereocenters. The molecule has 1 N–H and O–H groups in total. The van der Waals surface area contributed by atoms with Gasteiger partial charge in [-0.2, -0.15) is 0 Å². The SMILES string of the molecule is CCNC(c1ccc(C(C)CC)cc1)C1CCC1. The first-order valence-corrected chi connectivity index (χ1v) is 7.59.